The number of hydrogen-bond donors (Lipinski definition) is 2. The molecule has 0 aliphatic carbocycles. The minimum atomic E-state index is -4.49. The molecule has 0 bridgehead atoms. The van der Waals surface area contributed by atoms with Gasteiger partial charge in [-0.2, -0.15) is 13.2 Å². The lowest BCUT2D eigenvalue weighted by atomic mass is 10.2. The highest BCUT2D eigenvalue weighted by Gasteiger charge is 2.39. The zero-order valence-electron chi connectivity index (χ0n) is 7.20. The normalized spacial score (nSPS) is 12.8. The molecule has 3 N–H and O–H groups in total. The number of rotatable bonds is 1. The summed E-state index contributed by atoms with van der Waals surface area (Å²) in [6, 6.07) is 0. The van der Waals surface area contributed by atoms with E-state index in [-0.39, 0.29) is 0 Å². The lowest BCUT2D eigenvalue weighted by Gasteiger charge is -2.10. The molecule has 6 heteroatoms. The molecule has 1 amide bonds. The van der Waals surface area contributed by atoms with Crippen molar-refractivity contribution in [1.82, 2.24) is 5.32 Å². The summed E-state index contributed by atoms with van der Waals surface area (Å²) in [6.45, 7) is 0.725. The van der Waals surface area contributed by atoms with E-state index in [1.807, 2.05) is 14.1 Å². The second-order valence-electron chi connectivity index (χ2n) is 2.17. The summed E-state index contributed by atoms with van der Waals surface area (Å²) in [5, 5.41) is 2.75. The highest BCUT2D eigenvalue weighted by molar-refractivity contribution is 5.76. The molecule has 0 aliphatic heterocycles. The summed E-state index contributed by atoms with van der Waals surface area (Å²) in [4.78, 5) is 9.85. The Morgan fingerprint density at radius 3 is 1.67 bits per heavy atom. The minimum absolute atomic E-state index is 0.725. The molecule has 3 nitrogen and oxygen atoms in total. The van der Waals surface area contributed by atoms with Gasteiger partial charge in [-0.05, 0) is 21.0 Å². The molecule has 0 fully saturated rings. The number of nitrogens with two attached hydrogens (primary N) is 1. The highest BCUT2D eigenvalue weighted by atomic mass is 19.4. The van der Waals surface area contributed by atoms with Crippen LogP contribution in [0.2, 0.25) is 0 Å². The van der Waals surface area contributed by atoms with Gasteiger partial charge in [0.2, 0.25) is 5.91 Å². The maximum Gasteiger partial charge on any atom is 0.400 e. The summed E-state index contributed by atoms with van der Waals surface area (Å²) >= 11 is 0. The number of carbonyl (C=O) groups is 1. The fourth-order valence-electron chi connectivity index (χ4n) is 0.161. The third kappa shape index (κ3) is 7.33. The molecule has 74 valence electrons. The molecule has 0 aliphatic rings. The number of halogens is 3. The van der Waals surface area contributed by atoms with Crippen molar-refractivity contribution in [2.24, 2.45) is 11.7 Å². The largest absolute Gasteiger partial charge is 0.400 e. The van der Waals surface area contributed by atoms with E-state index >= 15 is 0 Å². The van der Waals surface area contributed by atoms with E-state index in [0.717, 1.165) is 6.92 Å². The van der Waals surface area contributed by atoms with Crippen molar-refractivity contribution < 1.29 is 18.0 Å². The smallest absolute Gasteiger partial charge is 0.369 e. The molecule has 0 rings (SSSR count). The lowest BCUT2D eigenvalue weighted by Crippen LogP contribution is -2.32. The monoisotopic (exact) mass is 186 g/mol. The summed E-state index contributed by atoms with van der Waals surface area (Å²) in [5.41, 5.74) is 4.36. The van der Waals surface area contributed by atoms with Gasteiger partial charge in [-0.1, -0.05) is 0 Å². The lowest BCUT2D eigenvalue weighted by molar-refractivity contribution is -0.176. The average molecular weight is 186 g/mol. The molecule has 0 saturated heterocycles. The maximum absolute atomic E-state index is 11.4. The van der Waals surface area contributed by atoms with Crippen LogP contribution in [-0.4, -0.2) is 26.2 Å². The molecule has 0 radical (unpaired) electrons. The Labute approximate surface area is 69.1 Å². The van der Waals surface area contributed by atoms with Gasteiger partial charge in [0.1, 0.15) is 5.92 Å². The van der Waals surface area contributed by atoms with Crippen molar-refractivity contribution in [3.05, 3.63) is 0 Å². The van der Waals surface area contributed by atoms with E-state index in [4.69, 9.17) is 0 Å². The Hall–Kier alpha value is -0.780. The van der Waals surface area contributed by atoms with Gasteiger partial charge < -0.3 is 11.1 Å². The predicted molar refractivity (Wildman–Crippen MR) is 39.4 cm³/mol. The van der Waals surface area contributed by atoms with Gasteiger partial charge in [-0.3, -0.25) is 4.79 Å². The number of carbonyl (C=O) groups excluding carboxylic acids is 1. The van der Waals surface area contributed by atoms with Crippen LogP contribution >= 0.6 is 0 Å². The second kappa shape index (κ2) is 5.82. The molecule has 12 heavy (non-hydrogen) atoms. The molecule has 1 unspecified atom stereocenters. The van der Waals surface area contributed by atoms with Crippen LogP contribution in [0.3, 0.4) is 0 Å². The number of alkyl halides is 3. The van der Waals surface area contributed by atoms with Crippen molar-refractivity contribution >= 4 is 5.91 Å². The van der Waals surface area contributed by atoms with Crippen molar-refractivity contribution in [3.63, 3.8) is 0 Å². The average Bonchev–Trinajstić information content (AvgIpc) is 1.85. The van der Waals surface area contributed by atoms with E-state index in [9.17, 15) is 18.0 Å². The molecule has 0 aromatic rings. The topological polar surface area (TPSA) is 55.1 Å². The third-order valence-corrected chi connectivity index (χ3v) is 0.918. The van der Waals surface area contributed by atoms with Crippen molar-refractivity contribution in [2.45, 2.75) is 13.1 Å². The summed E-state index contributed by atoms with van der Waals surface area (Å²) in [5.74, 6) is -3.39. The van der Waals surface area contributed by atoms with Crippen molar-refractivity contribution in [2.75, 3.05) is 14.1 Å². The standard InChI is InChI=1S/C4H6F3NO.C2H7N/c1-2(3(8)9)4(5,6)7;1-3-2/h2H,1H3,(H2,8,9);3H,1-2H3. The van der Waals surface area contributed by atoms with Crippen LogP contribution in [-0.2, 0) is 4.79 Å². The molecule has 0 saturated carbocycles. The third-order valence-electron chi connectivity index (χ3n) is 0.918. The van der Waals surface area contributed by atoms with E-state index in [1.165, 1.54) is 0 Å². The summed E-state index contributed by atoms with van der Waals surface area (Å²) in [6.07, 6.45) is -4.49. The SMILES string of the molecule is CC(C(N)=O)C(F)(F)F.CNC. The second-order valence-corrected chi connectivity index (χ2v) is 2.17. The van der Waals surface area contributed by atoms with Gasteiger partial charge in [-0.15, -0.1) is 0 Å². The van der Waals surface area contributed by atoms with Gasteiger partial charge in [0, 0.05) is 0 Å². The number of primary amides is 1. The Morgan fingerprint density at radius 1 is 1.42 bits per heavy atom. The first-order valence-electron chi connectivity index (χ1n) is 3.21. The van der Waals surface area contributed by atoms with Crippen LogP contribution in [0.25, 0.3) is 0 Å². The Kier molecular flexibility index (Phi) is 6.68. The summed E-state index contributed by atoms with van der Waals surface area (Å²) in [7, 11) is 3.75. The molecule has 0 aromatic heterocycles. The quantitative estimate of drug-likeness (QED) is 0.626. The summed E-state index contributed by atoms with van der Waals surface area (Å²) < 4.78 is 34.2. The van der Waals surface area contributed by atoms with Gasteiger partial charge in [0.05, 0.1) is 0 Å². The van der Waals surface area contributed by atoms with Crippen LogP contribution < -0.4 is 11.1 Å². The fraction of sp³-hybridized carbons (Fsp3) is 0.833. The Morgan fingerprint density at radius 2 is 1.67 bits per heavy atom. The minimum Gasteiger partial charge on any atom is -0.369 e. The molecule has 0 heterocycles. The zero-order chi connectivity index (χ0) is 10.4. The van der Waals surface area contributed by atoms with Gasteiger partial charge in [0.25, 0.3) is 0 Å². The zero-order valence-corrected chi connectivity index (χ0v) is 7.20. The first-order chi connectivity index (χ1) is 5.27. The molecular formula is C6H13F3N2O. The Balaban J connectivity index is 0. The van der Waals surface area contributed by atoms with Crippen LogP contribution in [0.1, 0.15) is 6.92 Å². The van der Waals surface area contributed by atoms with Gasteiger partial charge in [-0.25, -0.2) is 0 Å². The fourth-order valence-corrected chi connectivity index (χ4v) is 0.161. The first-order valence-corrected chi connectivity index (χ1v) is 3.21. The number of nitrogens with one attached hydrogen (secondary N) is 1. The van der Waals surface area contributed by atoms with E-state index in [1.54, 1.807) is 0 Å². The number of hydrogen-bond acceptors (Lipinski definition) is 2. The van der Waals surface area contributed by atoms with Crippen LogP contribution in [0.5, 0.6) is 0 Å². The molecule has 1 atom stereocenters. The van der Waals surface area contributed by atoms with Gasteiger partial charge >= 0.3 is 6.18 Å². The van der Waals surface area contributed by atoms with Crippen molar-refractivity contribution in [3.8, 4) is 0 Å². The van der Waals surface area contributed by atoms with Crippen LogP contribution in [0, 0.1) is 5.92 Å². The van der Waals surface area contributed by atoms with E-state index in [0.29, 0.717) is 0 Å². The molecule has 0 spiro atoms. The van der Waals surface area contributed by atoms with Crippen LogP contribution in [0.4, 0.5) is 13.2 Å². The van der Waals surface area contributed by atoms with Crippen LogP contribution in [0.15, 0.2) is 0 Å². The van der Waals surface area contributed by atoms with E-state index in [2.05, 4.69) is 11.1 Å². The molecule has 0 aromatic carbocycles. The molecular weight excluding hydrogens is 173 g/mol. The van der Waals surface area contributed by atoms with Crippen molar-refractivity contribution in [1.29, 1.82) is 0 Å². The van der Waals surface area contributed by atoms with Gasteiger partial charge in [0.15, 0.2) is 0 Å². The van der Waals surface area contributed by atoms with E-state index < -0.39 is 18.0 Å². The maximum atomic E-state index is 11.4. The Bertz CT molecular complexity index is 135. The number of amides is 1. The predicted octanol–water partition coefficient (Wildman–Crippen LogP) is 0.506. The first kappa shape index (κ1) is 13.8. The highest BCUT2D eigenvalue weighted by Crippen LogP contribution is 2.24.